The van der Waals surface area contributed by atoms with Gasteiger partial charge < -0.3 is 14.6 Å². The zero-order valence-electron chi connectivity index (χ0n) is 25.8. The maximum absolute atomic E-state index is 15.3. The lowest BCUT2D eigenvalue weighted by Crippen LogP contribution is -2.52. The summed E-state index contributed by atoms with van der Waals surface area (Å²) >= 11 is -1.46. The smallest absolute Gasteiger partial charge is 0.410 e. The number of halogens is 1. The van der Waals surface area contributed by atoms with Gasteiger partial charge in [-0.05, 0) is 108 Å². The molecule has 1 aromatic carbocycles. The lowest BCUT2D eigenvalue weighted by atomic mass is 9.79. The molecule has 2 amide bonds. The van der Waals surface area contributed by atoms with E-state index in [1.54, 1.807) is 45.3 Å². The maximum Gasteiger partial charge on any atom is 0.410 e. The summed E-state index contributed by atoms with van der Waals surface area (Å²) in [6.07, 6.45) is 7.13. The number of likely N-dealkylation sites (tertiary alicyclic amines) is 1. The fourth-order valence-electron chi connectivity index (χ4n) is 5.32. The molecule has 1 aromatic heterocycles. The van der Waals surface area contributed by atoms with Crippen LogP contribution < -0.4 is 10.0 Å². The van der Waals surface area contributed by atoms with Gasteiger partial charge in [0, 0.05) is 30.3 Å². The van der Waals surface area contributed by atoms with Gasteiger partial charge in [0.1, 0.15) is 27.7 Å². The van der Waals surface area contributed by atoms with Crippen molar-refractivity contribution in [2.45, 2.75) is 102 Å². The summed E-state index contributed by atoms with van der Waals surface area (Å²) in [4.78, 5) is 32.1. The van der Waals surface area contributed by atoms with Crippen LogP contribution in [0.3, 0.4) is 0 Å². The van der Waals surface area contributed by atoms with E-state index >= 15 is 4.39 Å². The second-order valence-corrected chi connectivity index (χ2v) is 15.7. The summed E-state index contributed by atoms with van der Waals surface area (Å²) in [6, 6.07) is 7.64. The standard InChI is InChI=1S/C32H45FN4O4S/c1-21-18-27(37(20-21)29(39)41-30(2,3)4)28(38)35-26-19-24(10-11-25(26)33)32(15-12-22-8-9-22,23-13-16-34-17-14-23)36-42(40)31(5,6)7/h10-11,13-14,16-17,19,21-22,27,36H,8-9,12,15,18,20H2,1-7H3,(H,35,38)/t21-,27-,32?,42?/m1/s1. The highest BCUT2D eigenvalue weighted by atomic mass is 32.2. The fourth-order valence-corrected chi connectivity index (χ4v) is 6.28. The number of ether oxygens (including phenoxy) is 1. The van der Waals surface area contributed by atoms with Crippen molar-refractivity contribution in [3.05, 3.63) is 59.7 Å². The summed E-state index contributed by atoms with van der Waals surface area (Å²) in [5.74, 6) is -0.383. The van der Waals surface area contributed by atoms with Crippen molar-refractivity contribution < 1.29 is 23.3 Å². The molecule has 4 atom stereocenters. The third kappa shape index (κ3) is 7.82. The van der Waals surface area contributed by atoms with Gasteiger partial charge in [-0.25, -0.2) is 9.18 Å². The SMILES string of the molecule is C[C@@H]1C[C@H](C(=O)Nc2cc(C(CCC3CC3)(N[S+]([O-])C(C)(C)C)c3ccncc3)ccc2F)N(C(=O)OC(C)(C)C)C1. The molecule has 0 bridgehead atoms. The van der Waals surface area contributed by atoms with Crippen LogP contribution in [0.15, 0.2) is 42.7 Å². The van der Waals surface area contributed by atoms with Crippen LogP contribution in [0.2, 0.25) is 0 Å². The molecule has 2 fully saturated rings. The Kier molecular flexibility index (Phi) is 9.59. The van der Waals surface area contributed by atoms with Gasteiger partial charge in [0.15, 0.2) is 0 Å². The number of rotatable bonds is 9. The molecule has 8 nitrogen and oxygen atoms in total. The monoisotopic (exact) mass is 600 g/mol. The van der Waals surface area contributed by atoms with E-state index in [9.17, 15) is 14.1 Å². The Balaban J connectivity index is 1.70. The molecule has 0 radical (unpaired) electrons. The van der Waals surface area contributed by atoms with E-state index in [4.69, 9.17) is 4.74 Å². The quantitative estimate of drug-likeness (QED) is 0.328. The highest BCUT2D eigenvalue weighted by Gasteiger charge is 2.44. The molecule has 2 aromatic rings. The highest BCUT2D eigenvalue weighted by molar-refractivity contribution is 7.90. The normalized spacial score (nSPS) is 21.5. The van der Waals surface area contributed by atoms with Gasteiger partial charge in [-0.1, -0.05) is 25.8 Å². The number of pyridine rings is 1. The molecule has 1 saturated carbocycles. The summed E-state index contributed by atoms with van der Waals surface area (Å²) in [6.45, 7) is 13.4. The van der Waals surface area contributed by atoms with Crippen molar-refractivity contribution in [1.82, 2.24) is 14.6 Å². The first-order chi connectivity index (χ1) is 19.6. The first kappa shape index (κ1) is 32.2. The Morgan fingerprint density at radius 2 is 1.76 bits per heavy atom. The molecule has 2 heterocycles. The number of amides is 2. The Morgan fingerprint density at radius 1 is 1.10 bits per heavy atom. The molecule has 42 heavy (non-hydrogen) atoms. The van der Waals surface area contributed by atoms with Crippen LogP contribution in [0, 0.1) is 17.7 Å². The van der Waals surface area contributed by atoms with Gasteiger partial charge in [-0.15, -0.1) is 4.72 Å². The second kappa shape index (κ2) is 12.5. The molecule has 4 rings (SSSR count). The molecule has 2 unspecified atom stereocenters. The minimum absolute atomic E-state index is 0.00869. The fraction of sp³-hybridized carbons (Fsp3) is 0.594. The zero-order chi connectivity index (χ0) is 30.9. The molecular formula is C32H45FN4O4S. The Labute approximate surface area is 252 Å². The van der Waals surface area contributed by atoms with Crippen LogP contribution >= 0.6 is 0 Å². The first-order valence-corrected chi connectivity index (χ1v) is 15.9. The third-order valence-electron chi connectivity index (χ3n) is 7.78. The van der Waals surface area contributed by atoms with Crippen LogP contribution in [0.25, 0.3) is 0 Å². The summed E-state index contributed by atoms with van der Waals surface area (Å²) in [5.41, 5.74) is -0.0649. The number of hydrogen-bond donors (Lipinski definition) is 2. The maximum atomic E-state index is 15.3. The van der Waals surface area contributed by atoms with Crippen molar-refractivity contribution >= 4 is 29.0 Å². The highest BCUT2D eigenvalue weighted by Crippen LogP contribution is 2.43. The predicted octanol–water partition coefficient (Wildman–Crippen LogP) is 6.29. The number of benzene rings is 1. The first-order valence-electron chi connectivity index (χ1n) is 14.8. The van der Waals surface area contributed by atoms with E-state index in [2.05, 4.69) is 15.0 Å². The summed E-state index contributed by atoms with van der Waals surface area (Å²) < 4.78 is 37.4. The van der Waals surface area contributed by atoms with Gasteiger partial charge in [0.05, 0.1) is 5.69 Å². The lowest BCUT2D eigenvalue weighted by Gasteiger charge is -2.39. The second-order valence-electron chi connectivity index (χ2n) is 13.8. The van der Waals surface area contributed by atoms with Crippen molar-refractivity contribution in [1.29, 1.82) is 0 Å². The van der Waals surface area contributed by atoms with Gasteiger partial charge in [-0.2, -0.15) is 0 Å². The summed E-state index contributed by atoms with van der Waals surface area (Å²) in [7, 11) is 0. The third-order valence-corrected chi connectivity index (χ3v) is 9.42. The van der Waals surface area contributed by atoms with Crippen LogP contribution in [0.5, 0.6) is 0 Å². The van der Waals surface area contributed by atoms with Crippen LogP contribution in [0.4, 0.5) is 14.9 Å². The number of carbonyl (C=O) groups is 2. The number of aromatic nitrogens is 1. The zero-order valence-corrected chi connectivity index (χ0v) is 26.6. The molecule has 0 spiro atoms. The molecule has 10 heteroatoms. The minimum Gasteiger partial charge on any atom is -0.598 e. The van der Waals surface area contributed by atoms with Crippen molar-refractivity contribution in [2.24, 2.45) is 11.8 Å². The number of hydrogen-bond acceptors (Lipinski definition) is 6. The van der Waals surface area contributed by atoms with Crippen molar-refractivity contribution in [3.63, 3.8) is 0 Å². The predicted molar refractivity (Wildman–Crippen MR) is 164 cm³/mol. The number of nitrogens with one attached hydrogen (secondary N) is 2. The van der Waals surface area contributed by atoms with E-state index < -0.39 is 51.1 Å². The van der Waals surface area contributed by atoms with Gasteiger partial charge in [0.25, 0.3) is 0 Å². The number of nitrogens with zero attached hydrogens (tertiary/aromatic N) is 2. The molecule has 1 saturated heterocycles. The Bertz CT molecular complexity index is 1260. The number of carbonyl (C=O) groups excluding carboxylic acids is 2. The molecule has 1 aliphatic carbocycles. The molecule has 1 aliphatic heterocycles. The molecule has 2 aliphatic rings. The van der Waals surface area contributed by atoms with Crippen molar-refractivity contribution in [2.75, 3.05) is 11.9 Å². The number of anilines is 1. The topological polar surface area (TPSA) is 107 Å². The van der Waals surface area contributed by atoms with Gasteiger partial charge >= 0.3 is 6.09 Å². The van der Waals surface area contributed by atoms with E-state index in [0.717, 1.165) is 24.8 Å². The molecular weight excluding hydrogens is 555 g/mol. The Hall–Kier alpha value is -2.69. The average molecular weight is 601 g/mol. The molecule has 2 N–H and O–H groups in total. The van der Waals surface area contributed by atoms with Crippen LogP contribution in [-0.2, 0) is 26.4 Å². The van der Waals surface area contributed by atoms with Gasteiger partial charge in [0.2, 0.25) is 5.91 Å². The van der Waals surface area contributed by atoms with E-state index in [1.807, 2.05) is 39.8 Å². The van der Waals surface area contributed by atoms with E-state index in [0.29, 0.717) is 30.9 Å². The lowest BCUT2D eigenvalue weighted by molar-refractivity contribution is -0.120. The summed E-state index contributed by atoms with van der Waals surface area (Å²) in [5, 5.41) is 2.77. The van der Waals surface area contributed by atoms with E-state index in [-0.39, 0.29) is 11.6 Å². The average Bonchev–Trinajstić information content (AvgIpc) is 3.65. The van der Waals surface area contributed by atoms with Gasteiger partial charge in [-0.3, -0.25) is 14.7 Å². The van der Waals surface area contributed by atoms with Crippen LogP contribution in [-0.4, -0.2) is 49.4 Å². The largest absolute Gasteiger partial charge is 0.598 e. The minimum atomic E-state index is -1.46. The van der Waals surface area contributed by atoms with E-state index in [1.165, 1.54) is 11.0 Å². The molecule has 230 valence electrons. The van der Waals surface area contributed by atoms with Crippen LogP contribution in [0.1, 0.15) is 91.7 Å². The Morgan fingerprint density at radius 3 is 2.36 bits per heavy atom. The van der Waals surface area contributed by atoms with Crippen molar-refractivity contribution in [3.8, 4) is 0 Å².